The van der Waals surface area contributed by atoms with E-state index >= 15 is 0 Å². The van der Waals surface area contributed by atoms with Gasteiger partial charge >= 0.3 is 0 Å². The smallest absolute Gasteiger partial charge is 0.142 e. The van der Waals surface area contributed by atoms with Gasteiger partial charge in [0.25, 0.3) is 0 Å². The number of halogens is 2. The highest BCUT2D eigenvalue weighted by molar-refractivity contribution is 14.1. The number of aryl methyl sites for hydroxylation is 1. The van der Waals surface area contributed by atoms with Crippen LogP contribution in [0.4, 0.5) is 10.1 Å². The van der Waals surface area contributed by atoms with Crippen molar-refractivity contribution in [2.75, 3.05) is 5.32 Å². The van der Waals surface area contributed by atoms with E-state index in [1.54, 1.807) is 19.2 Å². The van der Waals surface area contributed by atoms with E-state index in [2.05, 4.69) is 10.3 Å². The molecule has 0 unspecified atom stereocenters. The number of pyridine rings is 1. The first-order chi connectivity index (χ1) is 9.52. The predicted molar refractivity (Wildman–Crippen MR) is 83.0 cm³/mol. The number of benzene rings is 1. The van der Waals surface area contributed by atoms with E-state index in [0.29, 0.717) is 23.4 Å². The number of aromatic hydroxyl groups is 1. The van der Waals surface area contributed by atoms with Crippen molar-refractivity contribution < 1.29 is 14.6 Å². The van der Waals surface area contributed by atoms with Gasteiger partial charge in [0.15, 0.2) is 0 Å². The summed E-state index contributed by atoms with van der Waals surface area (Å²) in [4.78, 5) is 4.01. The Morgan fingerprint density at radius 2 is 2.15 bits per heavy atom. The molecule has 0 atom stereocenters. The summed E-state index contributed by atoms with van der Waals surface area (Å²) >= 11 is 2.04. The fourth-order valence-electron chi connectivity index (χ4n) is 1.83. The Balaban J connectivity index is 2.24. The Labute approximate surface area is 129 Å². The van der Waals surface area contributed by atoms with Gasteiger partial charge in [0, 0.05) is 33.1 Å². The number of aliphatic hydroxyl groups is 1. The average Bonchev–Trinajstić information content (AvgIpc) is 2.42. The van der Waals surface area contributed by atoms with Crippen LogP contribution >= 0.6 is 22.6 Å². The minimum atomic E-state index is -0.293. The Hall–Kier alpha value is -1.41. The van der Waals surface area contributed by atoms with Gasteiger partial charge in [-0.15, -0.1) is 0 Å². The number of hydrogen-bond donors (Lipinski definition) is 3. The van der Waals surface area contributed by atoms with Crippen LogP contribution in [-0.4, -0.2) is 15.2 Å². The molecule has 20 heavy (non-hydrogen) atoms. The fraction of sp³-hybridized carbons (Fsp3) is 0.214. The van der Waals surface area contributed by atoms with Crippen LogP contribution in [0.2, 0.25) is 0 Å². The van der Waals surface area contributed by atoms with Crippen molar-refractivity contribution in [2.24, 2.45) is 0 Å². The highest BCUT2D eigenvalue weighted by Gasteiger charge is 2.11. The third-order valence-corrected chi connectivity index (χ3v) is 3.88. The van der Waals surface area contributed by atoms with Gasteiger partial charge in [0.2, 0.25) is 0 Å². The maximum absolute atomic E-state index is 13.0. The second kappa shape index (κ2) is 6.36. The SMILES string of the molecule is Cc1ncc(CO)c(CNc2ccc(F)cc2I)c1O. The molecular formula is C14H14FIN2O2. The van der Waals surface area contributed by atoms with Crippen LogP contribution in [0.25, 0.3) is 0 Å². The zero-order valence-corrected chi connectivity index (χ0v) is 13.0. The van der Waals surface area contributed by atoms with Gasteiger partial charge in [0.05, 0.1) is 12.3 Å². The topological polar surface area (TPSA) is 65.4 Å². The van der Waals surface area contributed by atoms with Crippen LogP contribution in [0, 0.1) is 16.3 Å². The third kappa shape index (κ3) is 3.18. The zero-order valence-electron chi connectivity index (χ0n) is 10.8. The van der Waals surface area contributed by atoms with E-state index in [9.17, 15) is 14.6 Å². The van der Waals surface area contributed by atoms with Crippen molar-refractivity contribution in [3.8, 4) is 5.75 Å². The van der Waals surface area contributed by atoms with Crippen LogP contribution < -0.4 is 5.32 Å². The molecule has 4 nitrogen and oxygen atoms in total. The highest BCUT2D eigenvalue weighted by atomic mass is 127. The molecule has 3 N–H and O–H groups in total. The Morgan fingerprint density at radius 3 is 2.80 bits per heavy atom. The Kier molecular flexibility index (Phi) is 4.77. The molecule has 0 spiro atoms. The molecule has 0 saturated heterocycles. The summed E-state index contributed by atoms with van der Waals surface area (Å²) in [5.41, 5.74) is 2.44. The summed E-state index contributed by atoms with van der Waals surface area (Å²) in [6.07, 6.45) is 1.54. The Morgan fingerprint density at radius 1 is 1.40 bits per heavy atom. The van der Waals surface area contributed by atoms with Gasteiger partial charge in [0.1, 0.15) is 11.6 Å². The average molecular weight is 388 g/mol. The van der Waals surface area contributed by atoms with Crippen LogP contribution in [0.15, 0.2) is 24.4 Å². The van der Waals surface area contributed by atoms with Crippen molar-refractivity contribution in [3.63, 3.8) is 0 Å². The molecule has 6 heteroatoms. The quantitative estimate of drug-likeness (QED) is 0.705. The second-order valence-electron chi connectivity index (χ2n) is 4.33. The standard InChI is InChI=1S/C14H14FIN2O2/c1-8-14(20)11(9(7-19)5-17-8)6-18-13-3-2-10(15)4-12(13)16/h2-5,18-20H,6-7H2,1H3. The lowest BCUT2D eigenvalue weighted by Gasteiger charge is -2.14. The molecule has 0 bridgehead atoms. The summed E-state index contributed by atoms with van der Waals surface area (Å²) in [5, 5.41) is 22.4. The lowest BCUT2D eigenvalue weighted by Crippen LogP contribution is -2.06. The molecule has 0 amide bonds. The number of aromatic nitrogens is 1. The monoisotopic (exact) mass is 388 g/mol. The molecule has 106 valence electrons. The van der Waals surface area contributed by atoms with Gasteiger partial charge in [-0.25, -0.2) is 4.39 Å². The molecule has 0 fully saturated rings. The third-order valence-electron chi connectivity index (χ3n) is 2.99. The number of nitrogens with zero attached hydrogens (tertiary/aromatic N) is 1. The first-order valence-electron chi connectivity index (χ1n) is 5.99. The largest absolute Gasteiger partial charge is 0.506 e. The molecule has 0 radical (unpaired) electrons. The number of nitrogens with one attached hydrogen (secondary N) is 1. The van der Waals surface area contributed by atoms with Crippen molar-refractivity contribution in [2.45, 2.75) is 20.1 Å². The van der Waals surface area contributed by atoms with E-state index in [0.717, 1.165) is 9.26 Å². The van der Waals surface area contributed by atoms with Crippen LogP contribution in [0.1, 0.15) is 16.8 Å². The van der Waals surface area contributed by atoms with Gasteiger partial charge < -0.3 is 15.5 Å². The normalized spacial score (nSPS) is 10.6. The summed E-state index contributed by atoms with van der Waals surface area (Å²) in [5.74, 6) is -0.222. The minimum absolute atomic E-state index is 0.0705. The maximum Gasteiger partial charge on any atom is 0.142 e. The number of anilines is 1. The Bertz CT molecular complexity index is 635. The number of aliphatic hydroxyl groups excluding tert-OH is 1. The molecule has 0 saturated carbocycles. The first kappa shape index (κ1) is 15.0. The van der Waals surface area contributed by atoms with Crippen molar-refractivity contribution in [1.82, 2.24) is 4.98 Å². The molecular weight excluding hydrogens is 374 g/mol. The fourth-order valence-corrected chi connectivity index (χ4v) is 2.50. The van der Waals surface area contributed by atoms with Crippen molar-refractivity contribution in [3.05, 3.63) is 50.6 Å². The molecule has 2 aromatic rings. The molecule has 0 aliphatic carbocycles. The van der Waals surface area contributed by atoms with Gasteiger partial charge in [-0.1, -0.05) is 0 Å². The van der Waals surface area contributed by atoms with Gasteiger partial charge in [-0.05, 0) is 47.7 Å². The minimum Gasteiger partial charge on any atom is -0.506 e. The predicted octanol–water partition coefficient (Wildman–Crippen LogP) is 2.94. The number of rotatable bonds is 4. The van der Waals surface area contributed by atoms with Crippen LogP contribution in [-0.2, 0) is 13.2 Å². The van der Waals surface area contributed by atoms with Gasteiger partial charge in [-0.3, -0.25) is 4.98 Å². The summed E-state index contributed by atoms with van der Waals surface area (Å²) in [7, 11) is 0. The van der Waals surface area contributed by atoms with E-state index in [1.807, 2.05) is 22.6 Å². The first-order valence-corrected chi connectivity index (χ1v) is 7.07. The summed E-state index contributed by atoms with van der Waals surface area (Å²) in [6, 6.07) is 4.43. The zero-order chi connectivity index (χ0) is 14.7. The van der Waals surface area contributed by atoms with Gasteiger partial charge in [-0.2, -0.15) is 0 Å². The highest BCUT2D eigenvalue weighted by Crippen LogP contribution is 2.26. The molecule has 0 aliphatic heterocycles. The lowest BCUT2D eigenvalue weighted by atomic mass is 10.1. The molecule has 2 rings (SSSR count). The summed E-state index contributed by atoms with van der Waals surface area (Å²) < 4.78 is 13.8. The van der Waals surface area contributed by atoms with Crippen molar-refractivity contribution >= 4 is 28.3 Å². The van der Waals surface area contributed by atoms with E-state index < -0.39 is 0 Å². The molecule has 0 aliphatic rings. The van der Waals surface area contributed by atoms with Crippen LogP contribution in [0.3, 0.4) is 0 Å². The maximum atomic E-state index is 13.0. The van der Waals surface area contributed by atoms with E-state index in [-0.39, 0.29) is 18.2 Å². The van der Waals surface area contributed by atoms with Crippen LogP contribution in [0.5, 0.6) is 5.75 Å². The van der Waals surface area contributed by atoms with E-state index in [4.69, 9.17) is 0 Å². The molecule has 1 heterocycles. The lowest BCUT2D eigenvalue weighted by molar-refractivity contribution is 0.279. The van der Waals surface area contributed by atoms with E-state index in [1.165, 1.54) is 12.1 Å². The molecule has 1 aromatic carbocycles. The summed E-state index contributed by atoms with van der Waals surface area (Å²) in [6.45, 7) is 1.83. The van der Waals surface area contributed by atoms with Crippen molar-refractivity contribution in [1.29, 1.82) is 0 Å². The second-order valence-corrected chi connectivity index (χ2v) is 5.49. The number of hydrogen-bond acceptors (Lipinski definition) is 4. The molecule has 1 aromatic heterocycles.